The zero-order valence-electron chi connectivity index (χ0n) is 27.6. The van der Waals surface area contributed by atoms with Gasteiger partial charge in [-0.15, -0.1) is 0 Å². The summed E-state index contributed by atoms with van der Waals surface area (Å²) in [5.74, 6) is -0.734. The van der Waals surface area contributed by atoms with Crippen molar-refractivity contribution in [2.24, 2.45) is 9.98 Å². The highest BCUT2D eigenvalue weighted by atomic mass is 19.4. The molecular formula is C34H31F3N12O2. The van der Waals surface area contributed by atoms with Gasteiger partial charge in [0.25, 0.3) is 0 Å². The SMILES string of the molecule is Cc1cc2nc(NC3=NC4(c5ccccn5)N=C(Nc5nc6cc(C)c(C)cc6[nH]5)NC4(c4ccccn4)N3)[nH]c2cc1C.O=C(O)C(F)(F)F. The number of aliphatic carboxylic acids is 1. The maximum atomic E-state index is 10.6. The Hall–Kier alpha value is -6.52. The number of imidazole rings is 2. The number of guanidine groups is 2. The van der Waals surface area contributed by atoms with Crippen molar-refractivity contribution in [3.63, 3.8) is 0 Å². The van der Waals surface area contributed by atoms with Crippen LogP contribution in [0, 0.1) is 27.7 Å². The number of benzene rings is 2. The number of H-pyrrole nitrogens is 2. The molecule has 2 aromatic carbocycles. The van der Waals surface area contributed by atoms with Crippen molar-refractivity contribution in [2.75, 3.05) is 10.6 Å². The summed E-state index contributed by atoms with van der Waals surface area (Å²) in [6.07, 6.45) is -1.59. The van der Waals surface area contributed by atoms with Gasteiger partial charge in [-0.25, -0.2) is 24.7 Å². The number of anilines is 2. The maximum Gasteiger partial charge on any atom is 0.490 e. The molecule has 2 aliphatic heterocycles. The molecule has 0 saturated heterocycles. The number of carbonyl (C=O) groups is 1. The summed E-state index contributed by atoms with van der Waals surface area (Å²) in [5.41, 5.74) is 7.25. The van der Waals surface area contributed by atoms with Crippen LogP contribution in [0.5, 0.6) is 0 Å². The first-order valence-electron chi connectivity index (χ1n) is 15.6. The predicted molar refractivity (Wildman–Crippen MR) is 185 cm³/mol. The zero-order valence-corrected chi connectivity index (χ0v) is 27.6. The number of nitrogens with one attached hydrogen (secondary N) is 6. The molecule has 17 heteroatoms. The normalized spacial score (nSPS) is 19.4. The largest absolute Gasteiger partial charge is 0.490 e. The fourth-order valence-corrected chi connectivity index (χ4v) is 5.90. The van der Waals surface area contributed by atoms with Gasteiger partial charge < -0.3 is 25.7 Å². The van der Waals surface area contributed by atoms with Crippen molar-refractivity contribution in [3.8, 4) is 0 Å². The lowest BCUT2D eigenvalue weighted by atomic mass is 9.88. The lowest BCUT2D eigenvalue weighted by Gasteiger charge is -2.35. The van der Waals surface area contributed by atoms with Gasteiger partial charge >= 0.3 is 12.1 Å². The molecule has 6 heterocycles. The minimum absolute atomic E-state index is 0.457. The smallest absolute Gasteiger partial charge is 0.475 e. The van der Waals surface area contributed by atoms with Crippen LogP contribution in [0.2, 0.25) is 0 Å². The highest BCUT2D eigenvalue weighted by molar-refractivity contribution is 6.01. The van der Waals surface area contributed by atoms with Crippen LogP contribution in [0.4, 0.5) is 25.1 Å². The third-order valence-electron chi connectivity index (χ3n) is 8.66. The number of hydrogen-bond acceptors (Lipinski definition) is 11. The molecule has 14 nitrogen and oxygen atoms in total. The molecule has 6 aromatic rings. The number of carboxylic acids is 1. The minimum atomic E-state index is -5.08. The van der Waals surface area contributed by atoms with Crippen LogP contribution in [0.1, 0.15) is 33.6 Å². The van der Waals surface area contributed by atoms with Crippen LogP contribution in [0.3, 0.4) is 0 Å². The molecule has 0 bridgehead atoms. The zero-order chi connectivity index (χ0) is 36.1. The van der Waals surface area contributed by atoms with Gasteiger partial charge in [0, 0.05) is 12.4 Å². The summed E-state index contributed by atoms with van der Waals surface area (Å²) in [6.45, 7) is 8.33. The highest BCUT2D eigenvalue weighted by Crippen LogP contribution is 2.48. The van der Waals surface area contributed by atoms with Crippen molar-refractivity contribution in [2.45, 2.75) is 45.2 Å². The summed E-state index contributed by atoms with van der Waals surface area (Å²) >= 11 is 0. The minimum Gasteiger partial charge on any atom is -0.475 e. The van der Waals surface area contributed by atoms with E-state index in [-0.39, 0.29) is 0 Å². The number of aromatic amines is 2. The highest BCUT2D eigenvalue weighted by Gasteiger charge is 2.65. The molecule has 0 saturated carbocycles. The molecule has 4 aromatic heterocycles. The van der Waals surface area contributed by atoms with E-state index in [9.17, 15) is 13.2 Å². The van der Waals surface area contributed by atoms with Crippen molar-refractivity contribution >= 4 is 51.9 Å². The van der Waals surface area contributed by atoms with Crippen LogP contribution < -0.4 is 21.3 Å². The number of aliphatic imine (C=N–C) groups is 2. The van der Waals surface area contributed by atoms with E-state index in [0.29, 0.717) is 35.2 Å². The van der Waals surface area contributed by atoms with Crippen molar-refractivity contribution in [3.05, 3.63) is 107 Å². The van der Waals surface area contributed by atoms with Gasteiger partial charge in [0.05, 0.1) is 33.5 Å². The standard InChI is InChI=1S/C32H30N12.C2HF3O2/c1-17-13-21-22(14-18(17)2)36-27(35-21)39-29-41-31(25-9-5-7-11-33-25)32(42-29,26-10-6-8-12-34-26)44-30(43-31)40-28-37-23-15-19(3)20(4)16-24(23)38-28;3-2(4,5)1(6)7/h5-16H,1-4H3,(H3,35,36,39,41,42)(H3,37,38,40,43,44);(H,6,7). The van der Waals surface area contributed by atoms with Crippen molar-refractivity contribution in [1.29, 1.82) is 0 Å². The number of pyridine rings is 2. The molecule has 0 aliphatic carbocycles. The number of halogens is 3. The number of fused-ring (bicyclic) bond motifs is 3. The average molecular weight is 697 g/mol. The molecule has 0 atom stereocenters. The second-order valence-corrected chi connectivity index (χ2v) is 12.2. The Kier molecular flexibility index (Phi) is 7.84. The topological polar surface area (TPSA) is 193 Å². The Bertz CT molecular complexity index is 2170. The number of aryl methyl sites for hydroxylation is 4. The monoisotopic (exact) mass is 696 g/mol. The number of carboxylic acid groups (broad SMARTS) is 1. The Labute approximate surface area is 287 Å². The van der Waals surface area contributed by atoms with E-state index in [0.717, 1.165) is 22.1 Å². The quantitative estimate of drug-likeness (QED) is 0.128. The summed E-state index contributed by atoms with van der Waals surface area (Å²) < 4.78 is 31.7. The molecule has 260 valence electrons. The van der Waals surface area contributed by atoms with Gasteiger partial charge in [-0.05, 0) is 98.5 Å². The first-order valence-corrected chi connectivity index (χ1v) is 15.6. The molecule has 2 aliphatic rings. The van der Waals surface area contributed by atoms with Gasteiger partial charge in [-0.2, -0.15) is 13.2 Å². The van der Waals surface area contributed by atoms with Crippen LogP contribution in [0.25, 0.3) is 22.1 Å². The van der Waals surface area contributed by atoms with Crippen LogP contribution in [-0.2, 0) is 16.1 Å². The molecule has 0 fully saturated rings. The van der Waals surface area contributed by atoms with Crippen LogP contribution >= 0.6 is 0 Å². The first-order chi connectivity index (χ1) is 24.3. The van der Waals surface area contributed by atoms with E-state index in [2.05, 4.69) is 83.2 Å². The van der Waals surface area contributed by atoms with E-state index in [1.165, 1.54) is 22.3 Å². The van der Waals surface area contributed by atoms with Gasteiger partial charge in [0.1, 0.15) is 0 Å². The van der Waals surface area contributed by atoms with Crippen molar-refractivity contribution < 1.29 is 23.1 Å². The Morgan fingerprint density at radius 2 is 1.14 bits per heavy atom. The van der Waals surface area contributed by atoms with Gasteiger partial charge in [-0.3, -0.25) is 20.6 Å². The molecule has 8 rings (SSSR count). The Balaban J connectivity index is 0.000000529. The van der Waals surface area contributed by atoms with Crippen molar-refractivity contribution in [1.82, 2.24) is 40.5 Å². The first kappa shape index (κ1) is 33.0. The summed E-state index contributed by atoms with van der Waals surface area (Å²) in [6, 6.07) is 19.8. The number of hydrogen-bond donors (Lipinski definition) is 7. The fourth-order valence-electron chi connectivity index (χ4n) is 5.90. The van der Waals surface area contributed by atoms with E-state index >= 15 is 0 Å². The lowest BCUT2D eigenvalue weighted by Crippen LogP contribution is -2.61. The average Bonchev–Trinajstić information content (AvgIpc) is 3.81. The van der Waals surface area contributed by atoms with E-state index in [4.69, 9.17) is 39.8 Å². The van der Waals surface area contributed by atoms with E-state index in [1.54, 1.807) is 12.4 Å². The number of nitrogens with zero attached hydrogens (tertiary/aromatic N) is 6. The molecular weight excluding hydrogens is 665 g/mol. The predicted octanol–water partition coefficient (Wildman–Crippen LogP) is 5.24. The third-order valence-corrected chi connectivity index (χ3v) is 8.66. The van der Waals surface area contributed by atoms with Gasteiger partial charge in [0.2, 0.25) is 35.1 Å². The second-order valence-electron chi connectivity index (χ2n) is 12.2. The maximum absolute atomic E-state index is 10.6. The third kappa shape index (κ3) is 5.91. The Morgan fingerprint density at radius 1 is 0.706 bits per heavy atom. The molecule has 7 N–H and O–H groups in total. The van der Waals surface area contributed by atoms with Gasteiger partial charge in [0.15, 0.2) is 0 Å². The molecule has 0 radical (unpaired) electrons. The molecule has 0 amide bonds. The van der Waals surface area contributed by atoms with Crippen LogP contribution in [0.15, 0.2) is 83.0 Å². The lowest BCUT2D eigenvalue weighted by molar-refractivity contribution is -0.192. The summed E-state index contributed by atoms with van der Waals surface area (Å²) in [4.78, 5) is 45.0. The second kappa shape index (κ2) is 12.1. The number of aromatic nitrogens is 6. The number of alkyl halides is 3. The molecule has 51 heavy (non-hydrogen) atoms. The summed E-state index contributed by atoms with van der Waals surface area (Å²) in [7, 11) is 0. The van der Waals surface area contributed by atoms with E-state index in [1.807, 2.05) is 36.4 Å². The Morgan fingerprint density at radius 3 is 1.55 bits per heavy atom. The number of rotatable bonds is 4. The molecule has 0 unspecified atom stereocenters. The fraction of sp³-hybridized carbons (Fsp3) is 0.206. The summed E-state index contributed by atoms with van der Waals surface area (Å²) in [5, 5.41) is 21.0. The molecule has 0 spiro atoms. The van der Waals surface area contributed by atoms with Gasteiger partial charge in [-0.1, -0.05) is 12.1 Å². The van der Waals surface area contributed by atoms with Crippen LogP contribution in [-0.4, -0.2) is 59.1 Å². The van der Waals surface area contributed by atoms with E-state index < -0.39 is 23.5 Å².